The molecule has 0 aliphatic carbocycles. The van der Waals surface area contributed by atoms with Gasteiger partial charge in [-0.05, 0) is 25.5 Å². The second kappa shape index (κ2) is 3.89. The minimum absolute atomic E-state index is 0.0174. The topological polar surface area (TPSA) is 47.8 Å². The molecule has 82 valence electrons. The number of nitrogens with zero attached hydrogens (tertiary/aromatic N) is 3. The Morgan fingerprint density at radius 1 is 1.31 bits per heavy atom. The van der Waals surface area contributed by atoms with Crippen molar-refractivity contribution >= 4 is 5.78 Å². The van der Waals surface area contributed by atoms with Gasteiger partial charge < -0.3 is 0 Å². The van der Waals surface area contributed by atoms with Crippen LogP contribution >= 0.6 is 0 Å². The van der Waals surface area contributed by atoms with Crippen molar-refractivity contribution in [3.8, 4) is 0 Å². The maximum Gasteiger partial charge on any atom is 0.198 e. The van der Waals surface area contributed by atoms with Crippen molar-refractivity contribution in [3.05, 3.63) is 47.0 Å². The van der Waals surface area contributed by atoms with Gasteiger partial charge in [0.2, 0.25) is 0 Å². The maximum absolute atomic E-state index is 12.2. The van der Waals surface area contributed by atoms with Gasteiger partial charge in [-0.3, -0.25) is 14.5 Å². The number of hydrogen-bond acceptors (Lipinski definition) is 3. The third-order valence-electron chi connectivity index (χ3n) is 2.54. The first-order chi connectivity index (χ1) is 7.59. The Labute approximate surface area is 93.9 Å². The average Bonchev–Trinajstić information content (AvgIpc) is 2.58. The average molecular weight is 215 g/mol. The van der Waals surface area contributed by atoms with Crippen LogP contribution in [0.3, 0.4) is 0 Å². The molecule has 4 nitrogen and oxygen atoms in total. The molecule has 0 radical (unpaired) electrons. The highest BCUT2D eigenvalue weighted by atomic mass is 16.1. The molecule has 0 atom stereocenters. The predicted molar refractivity (Wildman–Crippen MR) is 60.4 cm³/mol. The molecule has 4 heteroatoms. The van der Waals surface area contributed by atoms with E-state index in [9.17, 15) is 4.79 Å². The van der Waals surface area contributed by atoms with E-state index >= 15 is 0 Å². The molecular weight excluding hydrogens is 202 g/mol. The number of carbonyl (C=O) groups is 1. The van der Waals surface area contributed by atoms with Crippen LogP contribution in [0, 0.1) is 13.8 Å². The van der Waals surface area contributed by atoms with Crippen LogP contribution in [0.1, 0.15) is 27.2 Å². The van der Waals surface area contributed by atoms with Crippen LogP contribution < -0.4 is 0 Å². The number of aryl methyl sites for hydroxylation is 3. The third-order valence-corrected chi connectivity index (χ3v) is 2.54. The van der Waals surface area contributed by atoms with Crippen molar-refractivity contribution < 1.29 is 4.79 Å². The fraction of sp³-hybridized carbons (Fsp3) is 0.250. The van der Waals surface area contributed by atoms with Gasteiger partial charge in [-0.25, -0.2) is 0 Å². The van der Waals surface area contributed by atoms with Crippen LogP contribution in [-0.2, 0) is 7.05 Å². The zero-order valence-corrected chi connectivity index (χ0v) is 9.56. The molecule has 0 saturated carbocycles. The SMILES string of the molecule is Cc1ccncc1C(=O)c1cn(C)nc1C. The summed E-state index contributed by atoms with van der Waals surface area (Å²) in [6.45, 7) is 3.74. The summed E-state index contributed by atoms with van der Waals surface area (Å²) in [6, 6.07) is 1.83. The lowest BCUT2D eigenvalue weighted by atomic mass is 10.0. The molecule has 0 bridgehead atoms. The minimum atomic E-state index is -0.0174. The van der Waals surface area contributed by atoms with Gasteiger partial charge in [-0.2, -0.15) is 5.10 Å². The van der Waals surface area contributed by atoms with Crippen LogP contribution in [0.25, 0.3) is 0 Å². The summed E-state index contributed by atoms with van der Waals surface area (Å²) in [5, 5.41) is 4.16. The Morgan fingerprint density at radius 3 is 2.62 bits per heavy atom. The van der Waals surface area contributed by atoms with E-state index in [0.29, 0.717) is 11.1 Å². The summed E-state index contributed by atoms with van der Waals surface area (Å²) in [5.41, 5.74) is 2.95. The summed E-state index contributed by atoms with van der Waals surface area (Å²) in [5.74, 6) is -0.0174. The van der Waals surface area contributed by atoms with Crippen LogP contribution in [0.5, 0.6) is 0 Å². The Hall–Kier alpha value is -1.97. The van der Waals surface area contributed by atoms with Crippen LogP contribution in [0.2, 0.25) is 0 Å². The highest BCUT2D eigenvalue weighted by Gasteiger charge is 2.16. The number of pyridine rings is 1. The molecule has 16 heavy (non-hydrogen) atoms. The number of carbonyl (C=O) groups excluding carboxylic acids is 1. The van der Waals surface area contributed by atoms with Crippen molar-refractivity contribution in [3.63, 3.8) is 0 Å². The van der Waals surface area contributed by atoms with Crippen molar-refractivity contribution in [2.45, 2.75) is 13.8 Å². The van der Waals surface area contributed by atoms with Gasteiger partial charge in [0.25, 0.3) is 0 Å². The summed E-state index contributed by atoms with van der Waals surface area (Å²) >= 11 is 0. The first-order valence-corrected chi connectivity index (χ1v) is 5.05. The second-order valence-electron chi connectivity index (χ2n) is 3.82. The van der Waals surface area contributed by atoms with E-state index in [-0.39, 0.29) is 5.78 Å². The number of rotatable bonds is 2. The van der Waals surface area contributed by atoms with Gasteiger partial charge in [-0.15, -0.1) is 0 Å². The third kappa shape index (κ3) is 1.74. The van der Waals surface area contributed by atoms with Crippen molar-refractivity contribution in [2.24, 2.45) is 7.05 Å². The fourth-order valence-electron chi connectivity index (χ4n) is 1.67. The van der Waals surface area contributed by atoms with Crippen LogP contribution in [-0.4, -0.2) is 20.5 Å². The molecule has 0 spiro atoms. The molecule has 0 aliphatic heterocycles. The van der Waals surface area contributed by atoms with Crippen molar-refractivity contribution in [1.29, 1.82) is 0 Å². The molecule has 0 amide bonds. The lowest BCUT2D eigenvalue weighted by molar-refractivity contribution is 0.103. The zero-order valence-electron chi connectivity index (χ0n) is 9.56. The van der Waals surface area contributed by atoms with E-state index in [0.717, 1.165) is 11.3 Å². The van der Waals surface area contributed by atoms with Gasteiger partial charge in [0.15, 0.2) is 5.78 Å². The molecule has 0 unspecified atom stereocenters. The summed E-state index contributed by atoms with van der Waals surface area (Å²) < 4.78 is 1.65. The van der Waals surface area contributed by atoms with Crippen LogP contribution in [0.4, 0.5) is 0 Å². The predicted octanol–water partition coefficient (Wildman–Crippen LogP) is 1.66. The standard InChI is InChI=1S/C12H13N3O/c1-8-4-5-13-6-10(8)12(16)11-7-15(3)14-9(11)2/h4-7H,1-3H3. The minimum Gasteiger partial charge on any atom is -0.288 e. The number of ketones is 1. The molecule has 0 aliphatic rings. The number of aromatic nitrogens is 3. The molecule has 0 N–H and O–H groups in total. The molecule has 0 aromatic carbocycles. The lowest BCUT2D eigenvalue weighted by Gasteiger charge is -2.02. The Balaban J connectivity index is 2.47. The smallest absolute Gasteiger partial charge is 0.198 e. The molecule has 2 rings (SSSR count). The van der Waals surface area contributed by atoms with Gasteiger partial charge >= 0.3 is 0 Å². The number of hydrogen-bond donors (Lipinski definition) is 0. The monoisotopic (exact) mass is 215 g/mol. The molecule has 2 heterocycles. The quantitative estimate of drug-likeness (QED) is 0.716. The molecular formula is C12H13N3O. The second-order valence-corrected chi connectivity index (χ2v) is 3.82. The fourth-order valence-corrected chi connectivity index (χ4v) is 1.67. The zero-order chi connectivity index (χ0) is 11.7. The molecule has 2 aromatic rings. The summed E-state index contributed by atoms with van der Waals surface area (Å²) in [4.78, 5) is 16.2. The Bertz CT molecular complexity index is 543. The molecule has 2 aromatic heterocycles. The summed E-state index contributed by atoms with van der Waals surface area (Å²) in [7, 11) is 1.81. The van der Waals surface area contributed by atoms with E-state index in [1.165, 1.54) is 0 Å². The van der Waals surface area contributed by atoms with E-state index in [4.69, 9.17) is 0 Å². The largest absolute Gasteiger partial charge is 0.288 e. The van der Waals surface area contributed by atoms with Crippen molar-refractivity contribution in [2.75, 3.05) is 0 Å². The lowest BCUT2D eigenvalue weighted by Crippen LogP contribution is -2.04. The van der Waals surface area contributed by atoms with Crippen LogP contribution in [0.15, 0.2) is 24.7 Å². The van der Waals surface area contributed by atoms with Crippen molar-refractivity contribution in [1.82, 2.24) is 14.8 Å². The normalized spacial score (nSPS) is 10.4. The Kier molecular flexibility index (Phi) is 2.56. The van der Waals surface area contributed by atoms with E-state index < -0.39 is 0 Å². The first-order valence-electron chi connectivity index (χ1n) is 5.05. The molecule has 0 fully saturated rings. The maximum atomic E-state index is 12.2. The van der Waals surface area contributed by atoms with Gasteiger partial charge in [0, 0.05) is 31.2 Å². The van der Waals surface area contributed by atoms with E-state index in [1.54, 1.807) is 30.3 Å². The molecule has 0 saturated heterocycles. The van der Waals surface area contributed by atoms with E-state index in [1.807, 2.05) is 19.9 Å². The Morgan fingerprint density at radius 2 is 2.06 bits per heavy atom. The highest BCUT2D eigenvalue weighted by molar-refractivity contribution is 6.10. The van der Waals surface area contributed by atoms with Gasteiger partial charge in [0.1, 0.15) is 0 Å². The van der Waals surface area contributed by atoms with Gasteiger partial charge in [0.05, 0.1) is 11.3 Å². The summed E-state index contributed by atoms with van der Waals surface area (Å²) in [6.07, 6.45) is 5.02. The van der Waals surface area contributed by atoms with Gasteiger partial charge in [-0.1, -0.05) is 0 Å². The first kappa shape index (κ1) is 10.5. The van der Waals surface area contributed by atoms with E-state index in [2.05, 4.69) is 10.1 Å². The highest BCUT2D eigenvalue weighted by Crippen LogP contribution is 2.14.